The summed E-state index contributed by atoms with van der Waals surface area (Å²) >= 11 is 2.24. The predicted octanol–water partition coefficient (Wildman–Crippen LogP) is 4.55. The first-order chi connectivity index (χ1) is 15.5. The minimum absolute atomic E-state index is 0.0206. The van der Waals surface area contributed by atoms with Gasteiger partial charge in [0.1, 0.15) is 11.0 Å². The van der Waals surface area contributed by atoms with Crippen molar-refractivity contribution < 1.29 is 19.2 Å². The number of nitrogens with zero attached hydrogens (tertiary/aromatic N) is 3. The quantitative estimate of drug-likeness (QED) is 0.239. The number of ether oxygens (including phenoxy) is 1. The molecular formula is C21H14N4O5S2. The van der Waals surface area contributed by atoms with Crippen LogP contribution in [0.4, 0.5) is 11.4 Å². The van der Waals surface area contributed by atoms with Crippen molar-refractivity contribution in [3.8, 4) is 0 Å². The van der Waals surface area contributed by atoms with Crippen LogP contribution in [-0.4, -0.2) is 32.2 Å². The lowest BCUT2D eigenvalue weighted by atomic mass is 10.2. The molecule has 0 aliphatic heterocycles. The van der Waals surface area contributed by atoms with Crippen LogP contribution in [0.25, 0.3) is 11.0 Å². The molecule has 0 saturated heterocycles. The molecule has 0 saturated carbocycles. The third-order valence-corrected chi connectivity index (χ3v) is 5.87. The Balaban J connectivity index is 1.42. The number of hydrogen-bond acceptors (Lipinski definition) is 9. The van der Waals surface area contributed by atoms with E-state index in [-0.39, 0.29) is 11.3 Å². The molecule has 1 amide bonds. The van der Waals surface area contributed by atoms with Gasteiger partial charge in [-0.15, -0.1) is 0 Å². The summed E-state index contributed by atoms with van der Waals surface area (Å²) in [6.07, 6.45) is 0. The summed E-state index contributed by atoms with van der Waals surface area (Å²) in [7, 11) is 0. The van der Waals surface area contributed by atoms with Gasteiger partial charge in [-0.2, -0.15) is 8.75 Å². The summed E-state index contributed by atoms with van der Waals surface area (Å²) in [5, 5.41) is 14.1. The number of carbonyl (C=O) groups excluding carboxylic acids is 2. The third-order valence-electron chi connectivity index (χ3n) is 4.26. The minimum Gasteiger partial charge on any atom is -0.452 e. The summed E-state index contributed by atoms with van der Waals surface area (Å²) in [6, 6.07) is 18.4. The van der Waals surface area contributed by atoms with Crippen LogP contribution in [0.5, 0.6) is 0 Å². The molecule has 0 aliphatic carbocycles. The number of fused-ring (bicyclic) bond motifs is 1. The second-order valence-corrected chi connectivity index (χ2v) is 8.06. The van der Waals surface area contributed by atoms with Gasteiger partial charge in [-0.1, -0.05) is 36.0 Å². The van der Waals surface area contributed by atoms with E-state index < -0.39 is 23.4 Å². The molecule has 1 heterocycles. The molecule has 0 unspecified atom stereocenters. The molecule has 0 aliphatic rings. The fourth-order valence-electron chi connectivity index (χ4n) is 2.80. The van der Waals surface area contributed by atoms with E-state index in [1.807, 2.05) is 30.3 Å². The van der Waals surface area contributed by atoms with Crippen LogP contribution in [0.2, 0.25) is 0 Å². The molecule has 0 bridgehead atoms. The number of rotatable bonds is 7. The summed E-state index contributed by atoms with van der Waals surface area (Å²) in [4.78, 5) is 36.7. The van der Waals surface area contributed by atoms with Gasteiger partial charge in [0.15, 0.2) is 6.61 Å². The monoisotopic (exact) mass is 466 g/mol. The van der Waals surface area contributed by atoms with Crippen molar-refractivity contribution in [2.75, 3.05) is 11.9 Å². The van der Waals surface area contributed by atoms with Gasteiger partial charge in [0.25, 0.3) is 11.6 Å². The Labute approximate surface area is 189 Å². The first-order valence-corrected chi connectivity index (χ1v) is 10.8. The van der Waals surface area contributed by atoms with Gasteiger partial charge in [-0.05, 0) is 36.4 Å². The van der Waals surface area contributed by atoms with E-state index in [1.54, 1.807) is 18.2 Å². The Morgan fingerprint density at radius 1 is 1.06 bits per heavy atom. The zero-order valence-electron chi connectivity index (χ0n) is 16.3. The number of anilines is 1. The molecule has 0 atom stereocenters. The first kappa shape index (κ1) is 21.4. The molecule has 0 fully saturated rings. The molecule has 4 rings (SSSR count). The van der Waals surface area contributed by atoms with E-state index >= 15 is 0 Å². The lowest BCUT2D eigenvalue weighted by Crippen LogP contribution is -2.21. The Morgan fingerprint density at radius 3 is 2.66 bits per heavy atom. The van der Waals surface area contributed by atoms with Gasteiger partial charge in [-0.3, -0.25) is 14.9 Å². The molecule has 1 N–H and O–H groups in total. The average molecular weight is 467 g/mol. The summed E-state index contributed by atoms with van der Waals surface area (Å²) in [5.74, 6) is -1.40. The van der Waals surface area contributed by atoms with E-state index in [0.29, 0.717) is 21.6 Å². The number of esters is 1. The van der Waals surface area contributed by atoms with Gasteiger partial charge in [0.2, 0.25) is 0 Å². The van der Waals surface area contributed by atoms with E-state index in [9.17, 15) is 19.7 Å². The lowest BCUT2D eigenvalue weighted by Gasteiger charge is -2.08. The second-order valence-electron chi connectivity index (χ2n) is 6.42. The number of hydrogen-bond donors (Lipinski definition) is 1. The number of nitro groups is 1. The van der Waals surface area contributed by atoms with Crippen LogP contribution in [0, 0.1) is 10.1 Å². The molecule has 0 spiro atoms. The Hall–Kier alpha value is -3.83. The Kier molecular flexibility index (Phi) is 6.38. The molecule has 4 aromatic rings. The molecule has 11 heteroatoms. The maximum atomic E-state index is 12.4. The predicted molar refractivity (Wildman–Crippen MR) is 120 cm³/mol. The average Bonchev–Trinajstić information content (AvgIpc) is 3.28. The number of nitrogens with one attached hydrogen (secondary N) is 1. The molecule has 0 radical (unpaired) electrons. The molecule has 9 nitrogen and oxygen atoms in total. The molecule has 3 aromatic carbocycles. The summed E-state index contributed by atoms with van der Waals surface area (Å²) < 4.78 is 13.2. The van der Waals surface area contributed by atoms with Crippen LogP contribution in [0.3, 0.4) is 0 Å². The van der Waals surface area contributed by atoms with Gasteiger partial charge in [0, 0.05) is 11.0 Å². The summed E-state index contributed by atoms with van der Waals surface area (Å²) in [6.45, 7) is -0.554. The van der Waals surface area contributed by atoms with Crippen LogP contribution in [0.15, 0.2) is 76.5 Å². The molecule has 1 aromatic heterocycles. The SMILES string of the molecule is O=C(COC(=O)c1ccc(Sc2ccccc2)c([N+](=O)[O-])c1)Nc1cccc2nsnc12. The van der Waals surface area contributed by atoms with Gasteiger partial charge in [-0.25, -0.2) is 4.79 Å². The number of benzene rings is 3. The molecule has 32 heavy (non-hydrogen) atoms. The van der Waals surface area contributed by atoms with Crippen molar-refractivity contribution in [3.63, 3.8) is 0 Å². The highest BCUT2D eigenvalue weighted by Gasteiger charge is 2.20. The highest BCUT2D eigenvalue weighted by atomic mass is 32.2. The summed E-state index contributed by atoms with van der Waals surface area (Å²) in [5.41, 5.74) is 1.40. The van der Waals surface area contributed by atoms with Crippen molar-refractivity contribution in [3.05, 3.63) is 82.4 Å². The van der Waals surface area contributed by atoms with E-state index in [0.717, 1.165) is 22.7 Å². The standard InChI is InChI=1S/C21H14N4O5S2/c26-19(22-15-7-4-8-16-20(15)24-32-23-16)12-30-21(27)13-9-10-18(17(11-13)25(28)29)31-14-5-2-1-3-6-14/h1-11H,12H2,(H,22,26). The van der Waals surface area contributed by atoms with Crippen molar-refractivity contribution in [2.24, 2.45) is 0 Å². The van der Waals surface area contributed by atoms with Gasteiger partial charge in [0.05, 0.1) is 32.8 Å². The first-order valence-electron chi connectivity index (χ1n) is 9.21. The fraction of sp³-hybridized carbons (Fsp3) is 0.0476. The van der Waals surface area contributed by atoms with Gasteiger partial charge < -0.3 is 10.1 Å². The topological polar surface area (TPSA) is 124 Å². The fourth-order valence-corrected chi connectivity index (χ4v) is 4.27. The number of nitro benzene ring substituents is 1. The molecule has 160 valence electrons. The Bertz CT molecular complexity index is 1310. The van der Waals surface area contributed by atoms with Crippen molar-refractivity contribution in [1.29, 1.82) is 0 Å². The van der Waals surface area contributed by atoms with Crippen LogP contribution < -0.4 is 5.32 Å². The zero-order chi connectivity index (χ0) is 22.5. The van der Waals surface area contributed by atoms with E-state index in [1.165, 1.54) is 23.9 Å². The van der Waals surface area contributed by atoms with Gasteiger partial charge >= 0.3 is 5.97 Å². The number of amides is 1. The highest BCUT2D eigenvalue weighted by molar-refractivity contribution is 7.99. The molecular weight excluding hydrogens is 452 g/mol. The zero-order valence-corrected chi connectivity index (χ0v) is 17.9. The lowest BCUT2D eigenvalue weighted by molar-refractivity contribution is -0.387. The maximum Gasteiger partial charge on any atom is 0.338 e. The van der Waals surface area contributed by atoms with Crippen LogP contribution >= 0.6 is 23.5 Å². The van der Waals surface area contributed by atoms with Crippen LogP contribution in [-0.2, 0) is 9.53 Å². The van der Waals surface area contributed by atoms with E-state index in [4.69, 9.17) is 4.74 Å². The second kappa shape index (κ2) is 9.54. The largest absolute Gasteiger partial charge is 0.452 e. The van der Waals surface area contributed by atoms with E-state index in [2.05, 4.69) is 14.1 Å². The Morgan fingerprint density at radius 2 is 1.88 bits per heavy atom. The smallest absolute Gasteiger partial charge is 0.338 e. The van der Waals surface area contributed by atoms with Crippen LogP contribution in [0.1, 0.15) is 10.4 Å². The number of aromatic nitrogens is 2. The highest BCUT2D eigenvalue weighted by Crippen LogP contribution is 2.35. The minimum atomic E-state index is -0.840. The van der Waals surface area contributed by atoms with Crippen molar-refractivity contribution in [2.45, 2.75) is 9.79 Å². The third kappa shape index (κ3) is 4.90. The maximum absolute atomic E-state index is 12.4. The van der Waals surface area contributed by atoms with Crippen molar-refractivity contribution >= 4 is 57.8 Å². The number of carbonyl (C=O) groups is 2. The normalized spacial score (nSPS) is 10.6. The van der Waals surface area contributed by atoms with Crippen molar-refractivity contribution in [1.82, 2.24) is 8.75 Å².